The minimum Gasteiger partial charge on any atom is -0.378 e. The molecule has 0 N–H and O–H groups in total. The van der Waals surface area contributed by atoms with Crippen LogP contribution in [0, 0.1) is 6.92 Å². The van der Waals surface area contributed by atoms with E-state index in [-0.39, 0.29) is 17.1 Å². The molecule has 2 aromatic rings. The van der Waals surface area contributed by atoms with Crippen molar-refractivity contribution in [1.29, 1.82) is 0 Å². The maximum Gasteiger partial charge on any atom is 0.417 e. The Bertz CT molecular complexity index is 831. The number of pyridine rings is 1. The number of rotatable bonds is 3. The summed E-state index contributed by atoms with van der Waals surface area (Å²) < 4.78 is 51.7. The van der Waals surface area contributed by atoms with Crippen LogP contribution in [-0.2, 0) is 15.7 Å². The molecule has 2 aliphatic heterocycles. The second kappa shape index (κ2) is 8.07. The number of hydrogen-bond donors (Lipinski definition) is 0. The molecule has 156 valence electrons. The Morgan fingerprint density at radius 2 is 1.38 bits per heavy atom. The van der Waals surface area contributed by atoms with E-state index in [1.54, 1.807) is 0 Å². The van der Waals surface area contributed by atoms with Gasteiger partial charge in [0.1, 0.15) is 0 Å². The first-order valence-electron chi connectivity index (χ1n) is 9.37. The molecule has 2 aliphatic rings. The predicted molar refractivity (Wildman–Crippen MR) is 98.9 cm³/mol. The summed E-state index contributed by atoms with van der Waals surface area (Å²) >= 11 is 0. The Hall–Kier alpha value is -2.53. The van der Waals surface area contributed by atoms with Gasteiger partial charge >= 0.3 is 6.18 Å². The van der Waals surface area contributed by atoms with Crippen LogP contribution in [0.5, 0.6) is 0 Å². The first-order chi connectivity index (χ1) is 13.9. The molecule has 4 rings (SSSR count). The van der Waals surface area contributed by atoms with E-state index >= 15 is 0 Å². The lowest BCUT2D eigenvalue weighted by Gasteiger charge is -2.30. The molecular weight excluding hydrogens is 389 g/mol. The molecule has 8 nitrogen and oxygen atoms in total. The molecule has 0 aliphatic carbocycles. The largest absolute Gasteiger partial charge is 0.417 e. The smallest absolute Gasteiger partial charge is 0.378 e. The molecule has 0 aromatic carbocycles. The van der Waals surface area contributed by atoms with Crippen molar-refractivity contribution in [3.05, 3.63) is 23.5 Å². The maximum atomic E-state index is 13.7. The topological polar surface area (TPSA) is 76.5 Å². The lowest BCUT2D eigenvalue weighted by atomic mass is 10.1. The van der Waals surface area contributed by atoms with Crippen LogP contribution in [0.3, 0.4) is 0 Å². The molecule has 4 heterocycles. The number of alkyl halides is 3. The highest BCUT2D eigenvalue weighted by atomic mass is 19.4. The van der Waals surface area contributed by atoms with Gasteiger partial charge in [0, 0.05) is 38.1 Å². The number of aromatic nitrogens is 4. The van der Waals surface area contributed by atoms with Gasteiger partial charge in [0.15, 0.2) is 5.82 Å². The lowest BCUT2D eigenvalue weighted by molar-refractivity contribution is -0.137. The fraction of sp³-hybridized carbons (Fsp3) is 0.556. The third kappa shape index (κ3) is 4.40. The lowest BCUT2D eigenvalue weighted by Crippen LogP contribution is -2.40. The SMILES string of the molecule is Cc1cc(C(F)(F)F)c(-c2nc(N3CCOCC3)nc(N3CCOCC3)n2)cn1. The van der Waals surface area contributed by atoms with E-state index in [2.05, 4.69) is 19.9 Å². The highest BCUT2D eigenvalue weighted by Gasteiger charge is 2.35. The molecule has 0 radical (unpaired) electrons. The van der Waals surface area contributed by atoms with Crippen LogP contribution in [0.15, 0.2) is 12.3 Å². The summed E-state index contributed by atoms with van der Waals surface area (Å²) in [6.45, 7) is 5.79. The number of nitrogens with zero attached hydrogens (tertiary/aromatic N) is 6. The fourth-order valence-electron chi connectivity index (χ4n) is 3.26. The summed E-state index contributed by atoms with van der Waals surface area (Å²) in [7, 11) is 0. The summed E-state index contributed by atoms with van der Waals surface area (Å²) in [5, 5.41) is 0. The molecule has 2 saturated heterocycles. The van der Waals surface area contributed by atoms with Gasteiger partial charge in [0.25, 0.3) is 0 Å². The molecule has 11 heteroatoms. The molecule has 0 bridgehead atoms. The van der Waals surface area contributed by atoms with Crippen LogP contribution in [0.4, 0.5) is 25.1 Å². The summed E-state index contributed by atoms with van der Waals surface area (Å²) in [5.74, 6) is 0.643. The Labute approximate surface area is 165 Å². The molecule has 29 heavy (non-hydrogen) atoms. The van der Waals surface area contributed by atoms with E-state index < -0.39 is 11.7 Å². The summed E-state index contributed by atoms with van der Waals surface area (Å²) in [6.07, 6.45) is -3.37. The first-order valence-corrected chi connectivity index (χ1v) is 9.37. The highest BCUT2D eigenvalue weighted by Crippen LogP contribution is 2.36. The van der Waals surface area contributed by atoms with Crippen LogP contribution < -0.4 is 9.80 Å². The fourth-order valence-corrected chi connectivity index (χ4v) is 3.26. The zero-order valence-corrected chi connectivity index (χ0v) is 15.9. The van der Waals surface area contributed by atoms with Crippen LogP contribution in [-0.4, -0.2) is 72.5 Å². The molecule has 0 atom stereocenters. The van der Waals surface area contributed by atoms with E-state index in [1.807, 2.05) is 9.80 Å². The van der Waals surface area contributed by atoms with Gasteiger partial charge in [-0.05, 0) is 13.0 Å². The predicted octanol–water partition coefficient (Wildman–Crippen LogP) is 1.93. The number of hydrogen-bond acceptors (Lipinski definition) is 8. The van der Waals surface area contributed by atoms with E-state index in [0.29, 0.717) is 64.5 Å². The maximum absolute atomic E-state index is 13.7. The average molecular weight is 410 g/mol. The number of anilines is 2. The van der Waals surface area contributed by atoms with Crippen molar-refractivity contribution in [3.63, 3.8) is 0 Å². The van der Waals surface area contributed by atoms with Gasteiger partial charge in [-0.1, -0.05) is 0 Å². The molecule has 0 amide bonds. The van der Waals surface area contributed by atoms with E-state index in [9.17, 15) is 13.2 Å². The summed E-state index contributed by atoms with van der Waals surface area (Å²) in [6, 6.07) is 1.02. The first kappa shape index (κ1) is 19.8. The van der Waals surface area contributed by atoms with Gasteiger partial charge in [-0.2, -0.15) is 28.1 Å². The minimum absolute atomic E-state index is 0.0391. The average Bonchev–Trinajstić information content (AvgIpc) is 2.74. The van der Waals surface area contributed by atoms with Crippen LogP contribution >= 0.6 is 0 Å². The van der Waals surface area contributed by atoms with E-state index in [1.165, 1.54) is 13.1 Å². The van der Waals surface area contributed by atoms with E-state index in [4.69, 9.17) is 9.47 Å². The van der Waals surface area contributed by atoms with Gasteiger partial charge in [-0.3, -0.25) is 4.98 Å². The van der Waals surface area contributed by atoms with Crippen molar-refractivity contribution in [1.82, 2.24) is 19.9 Å². The zero-order valence-electron chi connectivity index (χ0n) is 15.9. The van der Waals surface area contributed by atoms with Crippen LogP contribution in [0.2, 0.25) is 0 Å². The van der Waals surface area contributed by atoms with Gasteiger partial charge in [0.05, 0.1) is 37.6 Å². The van der Waals surface area contributed by atoms with Crippen LogP contribution in [0.1, 0.15) is 11.3 Å². The second-order valence-electron chi connectivity index (χ2n) is 6.83. The molecule has 0 saturated carbocycles. The normalized spacial score (nSPS) is 18.2. The Kier molecular flexibility index (Phi) is 5.50. The third-order valence-electron chi connectivity index (χ3n) is 4.79. The quantitative estimate of drug-likeness (QED) is 0.760. The minimum atomic E-state index is -4.55. The Morgan fingerprint density at radius 3 is 1.86 bits per heavy atom. The number of aryl methyl sites for hydroxylation is 1. The number of morpholine rings is 2. The van der Waals surface area contributed by atoms with Gasteiger partial charge < -0.3 is 19.3 Å². The standard InChI is InChI=1S/C18H21F3N6O2/c1-12-10-14(18(19,20)21)13(11-22-12)15-23-16(26-2-6-28-7-3-26)25-17(24-15)27-4-8-29-9-5-27/h10-11H,2-9H2,1H3. The molecule has 2 fully saturated rings. The van der Waals surface area contributed by atoms with Crippen molar-refractivity contribution < 1.29 is 22.6 Å². The number of halogens is 3. The van der Waals surface area contributed by atoms with Crippen molar-refractivity contribution >= 4 is 11.9 Å². The third-order valence-corrected chi connectivity index (χ3v) is 4.79. The molecule has 0 unspecified atom stereocenters. The number of ether oxygens (including phenoxy) is 2. The van der Waals surface area contributed by atoms with Crippen molar-refractivity contribution in [2.45, 2.75) is 13.1 Å². The Balaban J connectivity index is 1.82. The molecular formula is C18H21F3N6O2. The van der Waals surface area contributed by atoms with Crippen molar-refractivity contribution in [3.8, 4) is 11.4 Å². The van der Waals surface area contributed by atoms with Gasteiger partial charge in [-0.15, -0.1) is 0 Å². The monoisotopic (exact) mass is 410 g/mol. The second-order valence-corrected chi connectivity index (χ2v) is 6.83. The van der Waals surface area contributed by atoms with Gasteiger partial charge in [-0.25, -0.2) is 0 Å². The van der Waals surface area contributed by atoms with Crippen molar-refractivity contribution in [2.75, 3.05) is 62.4 Å². The van der Waals surface area contributed by atoms with Crippen molar-refractivity contribution in [2.24, 2.45) is 0 Å². The van der Waals surface area contributed by atoms with Crippen LogP contribution in [0.25, 0.3) is 11.4 Å². The summed E-state index contributed by atoms with van der Waals surface area (Å²) in [4.78, 5) is 21.1. The Morgan fingerprint density at radius 1 is 0.862 bits per heavy atom. The molecule has 0 spiro atoms. The summed E-state index contributed by atoms with van der Waals surface area (Å²) in [5.41, 5.74) is -0.691. The molecule has 2 aromatic heterocycles. The van der Waals surface area contributed by atoms with E-state index in [0.717, 1.165) is 6.07 Å². The zero-order chi connectivity index (χ0) is 20.4. The highest BCUT2D eigenvalue weighted by molar-refractivity contribution is 5.63. The van der Waals surface area contributed by atoms with Gasteiger partial charge in [0.2, 0.25) is 11.9 Å².